The SMILES string of the molecule is Cc1cc(OCc2ccc(F)cc2)cc2c1C(=O)/C(=C/c1ccc(Cl)cc1Cl)O2. The van der Waals surface area contributed by atoms with Crippen LogP contribution in [0.2, 0.25) is 10.0 Å². The lowest BCUT2D eigenvalue weighted by atomic mass is 10.0. The van der Waals surface area contributed by atoms with Crippen LogP contribution in [0.4, 0.5) is 4.39 Å². The van der Waals surface area contributed by atoms with Crippen LogP contribution in [-0.2, 0) is 6.61 Å². The van der Waals surface area contributed by atoms with Gasteiger partial charge in [-0.25, -0.2) is 4.39 Å². The first-order valence-electron chi connectivity index (χ1n) is 8.82. The summed E-state index contributed by atoms with van der Waals surface area (Å²) in [6, 6.07) is 14.6. The maximum Gasteiger partial charge on any atom is 0.232 e. The number of fused-ring (bicyclic) bond motifs is 1. The summed E-state index contributed by atoms with van der Waals surface area (Å²) in [6.07, 6.45) is 1.60. The standard InChI is InChI=1S/C23H15Cl2FO3/c1-13-8-18(28-12-14-2-6-17(26)7-3-14)11-20-22(13)23(27)21(29-20)9-15-4-5-16(24)10-19(15)25/h2-11H,12H2,1H3/b21-9-. The van der Waals surface area contributed by atoms with Gasteiger partial charge in [0.25, 0.3) is 0 Å². The van der Waals surface area contributed by atoms with E-state index in [4.69, 9.17) is 32.7 Å². The number of aryl methyl sites for hydroxylation is 1. The van der Waals surface area contributed by atoms with Crippen LogP contribution in [0.3, 0.4) is 0 Å². The summed E-state index contributed by atoms with van der Waals surface area (Å²) < 4.78 is 24.6. The summed E-state index contributed by atoms with van der Waals surface area (Å²) in [5.41, 5.74) is 2.71. The minimum atomic E-state index is -0.297. The lowest BCUT2D eigenvalue weighted by Crippen LogP contribution is -2.00. The van der Waals surface area contributed by atoms with E-state index in [2.05, 4.69) is 0 Å². The van der Waals surface area contributed by atoms with Crippen LogP contribution in [0, 0.1) is 12.7 Å². The van der Waals surface area contributed by atoms with Crippen LogP contribution in [-0.4, -0.2) is 5.78 Å². The third-order valence-corrected chi connectivity index (χ3v) is 5.07. The number of benzene rings is 3. The Morgan fingerprint density at radius 3 is 2.55 bits per heavy atom. The highest BCUT2D eigenvalue weighted by Gasteiger charge is 2.30. The van der Waals surface area contributed by atoms with E-state index in [0.717, 1.165) is 11.1 Å². The fraction of sp³-hybridized carbons (Fsp3) is 0.0870. The topological polar surface area (TPSA) is 35.5 Å². The molecule has 3 nitrogen and oxygen atoms in total. The van der Waals surface area contributed by atoms with Crippen molar-refractivity contribution in [3.05, 3.63) is 98.5 Å². The molecular weight excluding hydrogens is 414 g/mol. The van der Waals surface area contributed by atoms with E-state index >= 15 is 0 Å². The van der Waals surface area contributed by atoms with Gasteiger partial charge in [0.05, 0.1) is 5.56 Å². The van der Waals surface area contributed by atoms with Crippen LogP contribution in [0.5, 0.6) is 11.5 Å². The third kappa shape index (κ3) is 4.14. The minimum Gasteiger partial charge on any atom is -0.489 e. The molecular formula is C23H15Cl2FO3. The molecule has 0 saturated heterocycles. The van der Waals surface area contributed by atoms with Crippen molar-refractivity contribution in [3.63, 3.8) is 0 Å². The number of rotatable bonds is 4. The van der Waals surface area contributed by atoms with Gasteiger partial charge in [0.15, 0.2) is 5.76 Å². The van der Waals surface area contributed by atoms with E-state index < -0.39 is 0 Å². The van der Waals surface area contributed by atoms with E-state index in [1.807, 2.05) is 6.92 Å². The largest absolute Gasteiger partial charge is 0.489 e. The van der Waals surface area contributed by atoms with Gasteiger partial charge in [-0.05, 0) is 60.0 Å². The first-order valence-corrected chi connectivity index (χ1v) is 9.57. The Kier molecular flexibility index (Phi) is 5.31. The number of ether oxygens (including phenoxy) is 2. The molecule has 0 bridgehead atoms. The molecule has 29 heavy (non-hydrogen) atoms. The second-order valence-corrected chi connectivity index (χ2v) is 7.48. The minimum absolute atomic E-state index is 0.183. The van der Waals surface area contributed by atoms with E-state index in [-0.39, 0.29) is 24.0 Å². The van der Waals surface area contributed by atoms with Gasteiger partial charge >= 0.3 is 0 Å². The summed E-state index contributed by atoms with van der Waals surface area (Å²) in [7, 11) is 0. The molecule has 0 aromatic heterocycles. The molecule has 1 aliphatic rings. The fourth-order valence-electron chi connectivity index (χ4n) is 3.07. The molecule has 0 N–H and O–H groups in total. The van der Waals surface area contributed by atoms with Crippen molar-refractivity contribution in [2.24, 2.45) is 0 Å². The number of Topliss-reactive ketones (excluding diaryl/α,β-unsaturated/α-hetero) is 1. The van der Waals surface area contributed by atoms with Crippen molar-refractivity contribution in [3.8, 4) is 11.5 Å². The van der Waals surface area contributed by atoms with E-state index in [9.17, 15) is 9.18 Å². The van der Waals surface area contributed by atoms with Gasteiger partial charge in [-0.2, -0.15) is 0 Å². The third-order valence-electron chi connectivity index (χ3n) is 4.51. The van der Waals surface area contributed by atoms with Crippen LogP contribution in [0.1, 0.15) is 27.0 Å². The van der Waals surface area contributed by atoms with Gasteiger partial charge in [-0.15, -0.1) is 0 Å². The summed E-state index contributed by atoms with van der Waals surface area (Å²) in [4.78, 5) is 12.8. The Morgan fingerprint density at radius 2 is 1.83 bits per heavy atom. The van der Waals surface area contributed by atoms with Gasteiger partial charge in [-0.3, -0.25) is 4.79 Å². The summed E-state index contributed by atoms with van der Waals surface area (Å²) in [5, 5.41) is 0.940. The molecule has 0 saturated carbocycles. The van der Waals surface area contributed by atoms with Crippen LogP contribution in [0.15, 0.2) is 60.4 Å². The molecule has 4 rings (SSSR count). The first-order chi connectivity index (χ1) is 13.9. The fourth-order valence-corrected chi connectivity index (χ4v) is 3.53. The van der Waals surface area contributed by atoms with Gasteiger partial charge in [0, 0.05) is 16.1 Å². The predicted molar refractivity (Wildman–Crippen MR) is 111 cm³/mol. The van der Waals surface area contributed by atoms with Crippen molar-refractivity contribution < 1.29 is 18.7 Å². The Labute approximate surface area is 177 Å². The number of allylic oxidation sites excluding steroid dienone is 1. The van der Waals surface area contributed by atoms with Gasteiger partial charge in [0.1, 0.15) is 23.9 Å². The molecule has 3 aromatic carbocycles. The molecule has 0 atom stereocenters. The van der Waals surface area contributed by atoms with Crippen molar-refractivity contribution in [2.45, 2.75) is 13.5 Å². The molecule has 0 radical (unpaired) electrons. The molecule has 0 amide bonds. The number of carbonyl (C=O) groups is 1. The lowest BCUT2D eigenvalue weighted by Gasteiger charge is -2.09. The molecule has 3 aromatic rings. The molecule has 146 valence electrons. The molecule has 0 aliphatic carbocycles. The number of halogens is 3. The monoisotopic (exact) mass is 428 g/mol. The van der Waals surface area contributed by atoms with E-state index in [0.29, 0.717) is 32.7 Å². The number of carbonyl (C=O) groups excluding carboxylic acids is 1. The summed E-state index contributed by atoms with van der Waals surface area (Å²) in [6.45, 7) is 2.10. The predicted octanol–water partition coefficient (Wildman–Crippen LogP) is 6.64. The first kappa shape index (κ1) is 19.5. The molecule has 1 heterocycles. The highest BCUT2D eigenvalue weighted by molar-refractivity contribution is 6.35. The zero-order chi connectivity index (χ0) is 20.5. The maximum absolute atomic E-state index is 13.0. The Morgan fingerprint density at radius 1 is 1.07 bits per heavy atom. The zero-order valence-corrected chi connectivity index (χ0v) is 16.9. The van der Waals surface area contributed by atoms with Crippen molar-refractivity contribution in [1.82, 2.24) is 0 Å². The second-order valence-electron chi connectivity index (χ2n) is 6.63. The number of ketones is 1. The normalized spacial score (nSPS) is 14.1. The lowest BCUT2D eigenvalue weighted by molar-refractivity contribution is 0.101. The van der Waals surface area contributed by atoms with Gasteiger partial charge in [0.2, 0.25) is 5.78 Å². The smallest absolute Gasteiger partial charge is 0.232 e. The number of hydrogen-bond acceptors (Lipinski definition) is 3. The zero-order valence-electron chi connectivity index (χ0n) is 15.3. The van der Waals surface area contributed by atoms with E-state index in [1.54, 1.807) is 48.5 Å². The van der Waals surface area contributed by atoms with Gasteiger partial charge in [-0.1, -0.05) is 41.4 Å². The van der Waals surface area contributed by atoms with Crippen molar-refractivity contribution in [2.75, 3.05) is 0 Å². The van der Waals surface area contributed by atoms with E-state index in [1.165, 1.54) is 12.1 Å². The van der Waals surface area contributed by atoms with Crippen molar-refractivity contribution in [1.29, 1.82) is 0 Å². The molecule has 0 spiro atoms. The second kappa shape index (κ2) is 7.90. The van der Waals surface area contributed by atoms with Crippen LogP contribution >= 0.6 is 23.2 Å². The molecule has 1 aliphatic heterocycles. The van der Waals surface area contributed by atoms with Gasteiger partial charge < -0.3 is 9.47 Å². The Balaban J connectivity index is 1.57. The molecule has 6 heteroatoms. The summed E-state index contributed by atoms with van der Waals surface area (Å²) >= 11 is 12.1. The Hall–Kier alpha value is -2.82. The maximum atomic E-state index is 13.0. The molecule has 0 unspecified atom stereocenters. The highest BCUT2D eigenvalue weighted by Crippen LogP contribution is 2.38. The van der Waals surface area contributed by atoms with Crippen LogP contribution in [0.25, 0.3) is 6.08 Å². The molecule has 0 fully saturated rings. The Bertz CT molecular complexity index is 1140. The number of hydrogen-bond donors (Lipinski definition) is 0. The van der Waals surface area contributed by atoms with Crippen molar-refractivity contribution >= 4 is 35.1 Å². The quantitative estimate of drug-likeness (QED) is 0.437. The average Bonchev–Trinajstić information content (AvgIpc) is 2.99. The summed E-state index contributed by atoms with van der Waals surface area (Å²) in [5.74, 6) is 0.662. The average molecular weight is 429 g/mol. The highest BCUT2D eigenvalue weighted by atomic mass is 35.5. The van der Waals surface area contributed by atoms with Crippen LogP contribution < -0.4 is 9.47 Å².